The molecule has 6 saturated heterocycles. The maximum absolute atomic E-state index is 13.7. The summed E-state index contributed by atoms with van der Waals surface area (Å²) in [6.07, 6.45) is -11.4. The second kappa shape index (κ2) is 39.1. The van der Waals surface area contributed by atoms with Gasteiger partial charge in [0.2, 0.25) is 35.4 Å². The first-order chi connectivity index (χ1) is 52.9. The van der Waals surface area contributed by atoms with Crippen LogP contribution in [-0.2, 0) is 98.8 Å². The molecule has 0 spiro atoms. The minimum atomic E-state index is -4.01. The van der Waals surface area contributed by atoms with Crippen LogP contribution < -0.4 is 65.0 Å². The lowest BCUT2D eigenvalue weighted by molar-refractivity contribution is -0.149. The number of aliphatic hydroxyl groups excluding tert-OH is 3. The number of rotatable bonds is 33. The molecule has 45 nitrogen and oxygen atoms in total. The average Bonchev–Trinajstić information content (AvgIpc) is 1.64. The largest absolute Gasteiger partial charge is 0.462 e. The van der Waals surface area contributed by atoms with Crippen LogP contribution in [0.1, 0.15) is 121 Å². The number of esters is 3. The van der Waals surface area contributed by atoms with Crippen molar-refractivity contribution in [3.05, 3.63) is 99.3 Å². The van der Waals surface area contributed by atoms with Crippen molar-refractivity contribution in [3.63, 3.8) is 0 Å². The second-order valence-corrected chi connectivity index (χ2v) is 41.3. The highest BCUT2D eigenvalue weighted by atomic mass is 32.7. The fraction of sp³-hybridized carbons (Fsp3) is 0.667. The minimum absolute atomic E-state index is 0.0883. The van der Waals surface area contributed by atoms with Gasteiger partial charge in [0.1, 0.15) is 71.6 Å². The molecule has 6 aliphatic heterocycles. The van der Waals surface area contributed by atoms with Crippen LogP contribution in [0.4, 0.5) is 0 Å². The molecule has 0 aromatic carbocycles. The van der Waals surface area contributed by atoms with Crippen molar-refractivity contribution < 1.29 is 129 Å². The zero-order chi connectivity index (χ0) is 85.2. The predicted octanol–water partition coefficient (Wildman–Crippen LogP) is -3.01. The Labute approximate surface area is 659 Å². The SMILES string of the molecule is CC(C)OC(=O)C(C)NP(=O)(OC[C@H]1OC(n2ccc(=O)[nH]c2=O)[C@](C)(O)[C@@H]1O)SCC1CC(=O)NC1=O.CC(C)OC(=O)[C@@H](C)NP(=O)(OC[C@H]1OC(n2ccc(=O)[nH]c2=O)[C@](C)(O)[C@@H]1O)SCC1CC(=O)NC1=O.CC(C)OC(=O)[C@@H](C)N[P@](=O)(OC[C@H]1OC(n2ccc(=O)[nH]c2=O)[C@](C)(O)[C@@H]1O)SCC1CC(=O)NC1=O. The molecule has 114 heavy (non-hydrogen) atoms. The number of H-pyrrole nitrogens is 3. The molecule has 9 heterocycles. The summed E-state index contributed by atoms with van der Waals surface area (Å²) in [5.74, 6) is -7.69. The summed E-state index contributed by atoms with van der Waals surface area (Å²) < 4.78 is 93.0. The standard InChI is InChI=1S/3C21H31N4O11PS/c3*1-10(2)35-18(30)11(3)24-37(33,38-9-12-7-15(27)22-17(12)29)34-8-13-16(28)21(4,32)19(36-13)25-6-5-14(26)23-20(25)31/h3*5-6,10-13,16,19,28,32H,7-9H2,1-4H3,(H,24,33)(H,22,27,29)(H,23,26,31)/t11?,12?,13-,16-,19?,21-,37?;11-,12?,13-,16-,19?,21-,37?;11-,12?,13-,16-,19?,21-,37+/m111/s1. The first-order valence-corrected chi connectivity index (χ1v) is 44.8. The molecule has 9 unspecified atom stereocenters. The van der Waals surface area contributed by atoms with E-state index in [1.54, 1.807) is 41.5 Å². The van der Waals surface area contributed by atoms with E-state index in [0.717, 1.165) is 50.5 Å². The van der Waals surface area contributed by atoms with Crippen LogP contribution in [-0.4, -0.2) is 240 Å². The third-order valence-corrected chi connectivity index (χ3v) is 30.1. The maximum Gasteiger partial charge on any atom is 0.330 e. The Balaban J connectivity index is 0.000000237. The van der Waals surface area contributed by atoms with Gasteiger partial charge in [-0.25, -0.2) is 29.6 Å². The lowest BCUT2D eigenvalue weighted by Crippen LogP contribution is -2.47. The second-order valence-electron chi connectivity index (χ2n) is 28.4. The lowest BCUT2D eigenvalue weighted by Gasteiger charge is -2.27. The molecule has 0 radical (unpaired) electrons. The zero-order valence-corrected chi connectivity index (χ0v) is 68.5. The van der Waals surface area contributed by atoms with Crippen molar-refractivity contribution in [2.24, 2.45) is 17.8 Å². The summed E-state index contributed by atoms with van der Waals surface area (Å²) in [6, 6.07) is -0.187. The highest BCUT2D eigenvalue weighted by Gasteiger charge is 2.57. The molecule has 6 aliphatic rings. The number of aromatic amines is 3. The molecular weight excluding hydrogens is 1640 g/mol. The van der Waals surface area contributed by atoms with Crippen molar-refractivity contribution in [3.8, 4) is 0 Å². The molecule has 21 atom stereocenters. The maximum atomic E-state index is 13.7. The summed E-state index contributed by atoms with van der Waals surface area (Å²) in [6.45, 7) is 3.94. The number of ether oxygens (including phenoxy) is 6. The van der Waals surface area contributed by atoms with E-state index in [-0.39, 0.29) is 36.5 Å². The smallest absolute Gasteiger partial charge is 0.330 e. The van der Waals surface area contributed by atoms with Crippen LogP contribution in [0.15, 0.2) is 65.6 Å². The molecular formula is C63H93N12O33P3S3. The van der Waals surface area contributed by atoms with Crippen LogP contribution in [0.25, 0.3) is 0 Å². The van der Waals surface area contributed by atoms with Gasteiger partial charge in [0.25, 0.3) is 16.7 Å². The Morgan fingerprint density at radius 3 is 0.868 bits per heavy atom. The molecule has 3 aromatic heterocycles. The lowest BCUT2D eigenvalue weighted by atomic mass is 9.96. The van der Waals surface area contributed by atoms with E-state index in [2.05, 4.69) is 31.2 Å². The van der Waals surface area contributed by atoms with E-state index in [4.69, 9.17) is 42.0 Å². The number of hydrogen-bond donors (Lipinski definition) is 15. The monoisotopic (exact) mass is 1730 g/mol. The van der Waals surface area contributed by atoms with Gasteiger partial charge in [-0.1, -0.05) is 34.1 Å². The molecule has 0 bridgehead atoms. The third-order valence-electron chi connectivity index (χ3n) is 17.5. The molecule has 0 aliphatic carbocycles. The zero-order valence-electron chi connectivity index (χ0n) is 63.3. The van der Waals surface area contributed by atoms with Crippen LogP contribution in [0.5, 0.6) is 0 Å². The Morgan fingerprint density at radius 2 is 0.675 bits per heavy atom. The van der Waals surface area contributed by atoms with Gasteiger partial charge in [-0.15, -0.1) is 0 Å². The molecule has 51 heteroatoms. The fourth-order valence-corrected chi connectivity index (χ4v) is 23.6. The predicted molar refractivity (Wildman–Crippen MR) is 399 cm³/mol. The number of amides is 6. The highest BCUT2D eigenvalue weighted by Crippen LogP contribution is 2.60. The van der Waals surface area contributed by atoms with Gasteiger partial charge in [-0.05, 0) is 83.1 Å². The van der Waals surface area contributed by atoms with Crippen molar-refractivity contribution >= 4 is 108 Å². The van der Waals surface area contributed by atoms with Crippen molar-refractivity contribution in [1.82, 2.24) is 59.9 Å². The molecule has 6 fully saturated rings. The van der Waals surface area contributed by atoms with Gasteiger partial charge in [-0.2, -0.15) is 0 Å². The van der Waals surface area contributed by atoms with Crippen molar-refractivity contribution in [2.75, 3.05) is 37.1 Å². The third kappa shape index (κ3) is 24.6. The summed E-state index contributed by atoms with van der Waals surface area (Å²) in [4.78, 5) is 184. The number of aliphatic hydroxyl groups is 6. The Hall–Kier alpha value is -6.99. The Kier molecular flexibility index (Phi) is 32.3. The number of imide groups is 3. The van der Waals surface area contributed by atoms with Crippen LogP contribution in [0.2, 0.25) is 0 Å². The van der Waals surface area contributed by atoms with E-state index in [9.17, 15) is 116 Å². The van der Waals surface area contributed by atoms with Gasteiger partial charge in [0.15, 0.2) is 18.7 Å². The van der Waals surface area contributed by atoms with E-state index in [0.29, 0.717) is 34.1 Å². The van der Waals surface area contributed by atoms with Gasteiger partial charge in [0.05, 0.1) is 55.9 Å². The quantitative estimate of drug-likeness (QED) is 0.0125. The highest BCUT2D eigenvalue weighted by molar-refractivity contribution is 8.56. The number of hydrogen-bond acceptors (Lipinski definition) is 36. The van der Waals surface area contributed by atoms with E-state index >= 15 is 0 Å². The van der Waals surface area contributed by atoms with Gasteiger partial charge in [0, 0.05) is 73.3 Å². The van der Waals surface area contributed by atoms with Crippen molar-refractivity contribution in [2.45, 2.75) is 211 Å². The van der Waals surface area contributed by atoms with E-state index in [1.807, 2.05) is 15.0 Å². The number of carbonyl (C=O) groups is 9. The van der Waals surface area contributed by atoms with E-state index < -0.39 is 253 Å². The fourth-order valence-electron chi connectivity index (χ4n) is 11.5. The van der Waals surface area contributed by atoms with Crippen molar-refractivity contribution in [1.29, 1.82) is 0 Å². The summed E-state index contributed by atoms with van der Waals surface area (Å²) >= 11 is 2.05. The number of nitrogens with zero attached hydrogens (tertiary/aromatic N) is 3. The summed E-state index contributed by atoms with van der Waals surface area (Å²) in [5, 5.41) is 78.9. The molecule has 9 rings (SSSR count). The van der Waals surface area contributed by atoms with Crippen LogP contribution in [0, 0.1) is 17.8 Å². The summed E-state index contributed by atoms with van der Waals surface area (Å²) in [5.41, 5.74) is -10.7. The Bertz CT molecular complexity index is 4140. The molecule has 636 valence electrons. The first-order valence-electron chi connectivity index (χ1n) is 35.1. The normalized spacial score (nSPS) is 29.8. The molecule has 3 aromatic rings. The van der Waals surface area contributed by atoms with Gasteiger partial charge < -0.3 is 72.6 Å². The summed E-state index contributed by atoms with van der Waals surface area (Å²) in [7, 11) is 0. The van der Waals surface area contributed by atoms with Crippen LogP contribution >= 0.6 is 54.3 Å². The first kappa shape index (κ1) is 94.2. The van der Waals surface area contributed by atoms with Gasteiger partial charge >= 0.3 is 55.1 Å². The average molecular weight is 1740 g/mol. The molecule has 6 amide bonds. The molecule has 0 saturated carbocycles. The van der Waals surface area contributed by atoms with Crippen LogP contribution in [0.3, 0.4) is 0 Å². The number of aromatic nitrogens is 6. The number of nitrogens with one attached hydrogen (secondary N) is 9. The number of carbonyl (C=O) groups excluding carboxylic acids is 9. The topological polar surface area (TPSA) is 646 Å². The van der Waals surface area contributed by atoms with E-state index in [1.165, 1.54) is 41.5 Å². The Morgan fingerprint density at radius 1 is 0.447 bits per heavy atom. The molecule has 15 N–H and O–H groups in total. The van der Waals surface area contributed by atoms with Gasteiger partial charge in [-0.3, -0.25) is 116 Å². The minimum Gasteiger partial charge on any atom is -0.462 e.